The summed E-state index contributed by atoms with van der Waals surface area (Å²) >= 11 is 5.94. The normalized spacial score (nSPS) is 20.2. The van der Waals surface area contributed by atoms with Gasteiger partial charge in [-0.3, -0.25) is 9.69 Å². The number of aliphatic hydroxyl groups is 1. The van der Waals surface area contributed by atoms with E-state index in [1.165, 1.54) is 12.1 Å². The van der Waals surface area contributed by atoms with Gasteiger partial charge in [0.15, 0.2) is 0 Å². The minimum Gasteiger partial charge on any atom is -0.491 e. The van der Waals surface area contributed by atoms with Crippen molar-refractivity contribution < 1.29 is 27.8 Å². The molecule has 0 radical (unpaired) electrons. The smallest absolute Gasteiger partial charge is 0.416 e. The van der Waals surface area contributed by atoms with Gasteiger partial charge in [0.2, 0.25) is 5.91 Å². The number of hydrogen-bond donors (Lipinski definition) is 2. The lowest BCUT2D eigenvalue weighted by molar-refractivity contribution is -0.137. The summed E-state index contributed by atoms with van der Waals surface area (Å²) in [5.41, 5.74) is -1.75. The third kappa shape index (κ3) is 7.12. The van der Waals surface area contributed by atoms with E-state index in [0.29, 0.717) is 43.1 Å². The van der Waals surface area contributed by atoms with Crippen LogP contribution >= 0.6 is 11.6 Å². The highest BCUT2D eigenvalue weighted by Crippen LogP contribution is 2.30. The van der Waals surface area contributed by atoms with Gasteiger partial charge in [-0.2, -0.15) is 13.2 Å². The number of nitrogens with one attached hydrogen (secondary N) is 1. The van der Waals surface area contributed by atoms with E-state index in [0.717, 1.165) is 12.1 Å². The SMILES string of the molecule is O=C(CN1CCCC(O)(COc2cccc(Cl)c2)CC1)Nc1cccc(C(F)(F)F)c1. The van der Waals surface area contributed by atoms with Crippen molar-refractivity contribution in [2.45, 2.75) is 31.0 Å². The van der Waals surface area contributed by atoms with Gasteiger partial charge in [0.25, 0.3) is 0 Å². The Labute approximate surface area is 183 Å². The Morgan fingerprint density at radius 3 is 2.68 bits per heavy atom. The molecule has 0 spiro atoms. The van der Waals surface area contributed by atoms with Crippen LogP contribution in [0.3, 0.4) is 0 Å². The second kappa shape index (κ2) is 9.89. The number of ether oxygens (including phenoxy) is 1. The number of likely N-dealkylation sites (tertiary alicyclic amines) is 1. The Balaban J connectivity index is 1.50. The standard InChI is InChI=1S/C22H24ClF3N2O3/c23-17-5-2-7-19(13-17)31-15-21(30)8-3-10-28(11-9-21)14-20(29)27-18-6-1-4-16(12-18)22(24,25)26/h1-2,4-7,12-13,30H,3,8-11,14-15H2,(H,27,29). The fourth-order valence-corrected chi connectivity index (χ4v) is 3.67. The molecule has 2 aromatic carbocycles. The van der Waals surface area contributed by atoms with Crippen molar-refractivity contribution in [1.82, 2.24) is 4.90 Å². The number of amides is 1. The quantitative estimate of drug-likeness (QED) is 0.667. The van der Waals surface area contributed by atoms with Gasteiger partial charge in [-0.05, 0) is 62.2 Å². The monoisotopic (exact) mass is 456 g/mol. The van der Waals surface area contributed by atoms with Crippen LogP contribution in [0.5, 0.6) is 5.75 Å². The fraction of sp³-hybridized carbons (Fsp3) is 0.409. The van der Waals surface area contributed by atoms with Crippen LogP contribution in [0.1, 0.15) is 24.8 Å². The third-order valence-electron chi connectivity index (χ3n) is 5.15. The summed E-state index contributed by atoms with van der Waals surface area (Å²) in [4.78, 5) is 14.2. The molecule has 0 saturated carbocycles. The molecule has 2 N–H and O–H groups in total. The molecule has 1 unspecified atom stereocenters. The Morgan fingerprint density at radius 1 is 1.16 bits per heavy atom. The summed E-state index contributed by atoms with van der Waals surface area (Å²) in [7, 11) is 0. The highest BCUT2D eigenvalue weighted by molar-refractivity contribution is 6.30. The molecule has 1 amide bonds. The maximum absolute atomic E-state index is 12.8. The topological polar surface area (TPSA) is 61.8 Å². The number of nitrogens with zero attached hydrogens (tertiary/aromatic N) is 1. The van der Waals surface area contributed by atoms with Gasteiger partial charge in [0.1, 0.15) is 12.4 Å². The highest BCUT2D eigenvalue weighted by Gasteiger charge is 2.32. The van der Waals surface area contributed by atoms with Crippen molar-refractivity contribution >= 4 is 23.2 Å². The predicted molar refractivity (Wildman–Crippen MR) is 112 cm³/mol. The molecule has 3 rings (SSSR count). The second-order valence-electron chi connectivity index (χ2n) is 7.73. The number of benzene rings is 2. The number of rotatable bonds is 6. The first-order valence-corrected chi connectivity index (χ1v) is 10.3. The molecule has 1 saturated heterocycles. The molecule has 0 aliphatic carbocycles. The zero-order chi connectivity index (χ0) is 22.5. The third-order valence-corrected chi connectivity index (χ3v) is 5.39. The van der Waals surface area contributed by atoms with Crippen molar-refractivity contribution in [3.63, 3.8) is 0 Å². The van der Waals surface area contributed by atoms with Crippen LogP contribution in [0.4, 0.5) is 18.9 Å². The van der Waals surface area contributed by atoms with E-state index in [1.54, 1.807) is 24.3 Å². The van der Waals surface area contributed by atoms with Crippen LogP contribution in [0.15, 0.2) is 48.5 Å². The number of halogens is 4. The molecule has 1 fully saturated rings. The average molecular weight is 457 g/mol. The summed E-state index contributed by atoms with van der Waals surface area (Å²) in [5, 5.41) is 13.9. The van der Waals surface area contributed by atoms with Crippen LogP contribution in [0.2, 0.25) is 5.02 Å². The van der Waals surface area contributed by atoms with Crippen LogP contribution in [0.25, 0.3) is 0 Å². The van der Waals surface area contributed by atoms with Gasteiger partial charge < -0.3 is 15.2 Å². The summed E-state index contributed by atoms with van der Waals surface area (Å²) in [6.45, 7) is 1.19. The largest absolute Gasteiger partial charge is 0.491 e. The molecular weight excluding hydrogens is 433 g/mol. The van der Waals surface area contributed by atoms with E-state index in [2.05, 4.69) is 5.32 Å². The van der Waals surface area contributed by atoms with Crippen molar-refractivity contribution in [1.29, 1.82) is 0 Å². The lowest BCUT2D eigenvalue weighted by Gasteiger charge is -2.27. The predicted octanol–water partition coefficient (Wildman–Crippen LogP) is 4.59. The van der Waals surface area contributed by atoms with Gasteiger partial charge in [-0.25, -0.2) is 0 Å². The maximum Gasteiger partial charge on any atom is 0.416 e. The first-order valence-electron chi connectivity index (χ1n) is 9.93. The zero-order valence-corrected chi connectivity index (χ0v) is 17.5. The van der Waals surface area contributed by atoms with E-state index in [4.69, 9.17) is 16.3 Å². The van der Waals surface area contributed by atoms with Crippen LogP contribution in [-0.4, -0.2) is 47.8 Å². The van der Waals surface area contributed by atoms with Gasteiger partial charge in [-0.1, -0.05) is 23.7 Å². The lowest BCUT2D eigenvalue weighted by atomic mass is 9.96. The molecule has 2 aromatic rings. The van der Waals surface area contributed by atoms with Crippen molar-refractivity contribution in [3.05, 3.63) is 59.1 Å². The molecule has 1 aliphatic rings. The second-order valence-corrected chi connectivity index (χ2v) is 8.16. The summed E-state index contributed by atoms with van der Waals surface area (Å²) in [5.74, 6) is 0.169. The molecule has 1 aliphatic heterocycles. The first kappa shape index (κ1) is 23.4. The van der Waals surface area contributed by atoms with Crippen molar-refractivity contribution in [2.75, 3.05) is 31.6 Å². The minimum absolute atomic E-state index is 0.0292. The summed E-state index contributed by atoms with van der Waals surface area (Å²) in [6, 6.07) is 11.5. The molecule has 168 valence electrons. The molecule has 5 nitrogen and oxygen atoms in total. The average Bonchev–Trinajstić information content (AvgIpc) is 2.88. The number of hydrogen-bond acceptors (Lipinski definition) is 4. The Morgan fingerprint density at radius 2 is 1.94 bits per heavy atom. The molecule has 0 aromatic heterocycles. The first-order chi connectivity index (χ1) is 14.6. The Hall–Kier alpha value is -2.29. The Bertz CT molecular complexity index is 910. The lowest BCUT2D eigenvalue weighted by Crippen LogP contribution is -2.38. The van der Waals surface area contributed by atoms with Gasteiger partial charge in [0, 0.05) is 17.3 Å². The van der Waals surface area contributed by atoms with Gasteiger partial charge >= 0.3 is 6.18 Å². The van der Waals surface area contributed by atoms with Gasteiger partial charge in [-0.15, -0.1) is 0 Å². The maximum atomic E-state index is 12.8. The summed E-state index contributed by atoms with van der Waals surface area (Å²) in [6.07, 6.45) is -2.89. The fourth-order valence-electron chi connectivity index (χ4n) is 3.49. The number of carbonyl (C=O) groups excluding carboxylic acids is 1. The molecule has 0 bridgehead atoms. The molecule has 9 heteroatoms. The van der Waals surface area contributed by atoms with E-state index in [9.17, 15) is 23.1 Å². The van der Waals surface area contributed by atoms with E-state index in [-0.39, 0.29) is 18.8 Å². The molecule has 31 heavy (non-hydrogen) atoms. The highest BCUT2D eigenvalue weighted by atomic mass is 35.5. The summed E-state index contributed by atoms with van der Waals surface area (Å²) < 4.78 is 44.2. The zero-order valence-electron chi connectivity index (χ0n) is 16.8. The van der Waals surface area contributed by atoms with Crippen LogP contribution in [0, 0.1) is 0 Å². The molecule has 1 heterocycles. The minimum atomic E-state index is -4.47. The van der Waals surface area contributed by atoms with Crippen molar-refractivity contribution in [2.24, 2.45) is 0 Å². The van der Waals surface area contributed by atoms with E-state index >= 15 is 0 Å². The van der Waals surface area contributed by atoms with Crippen LogP contribution < -0.4 is 10.1 Å². The van der Waals surface area contributed by atoms with Crippen molar-refractivity contribution in [3.8, 4) is 5.75 Å². The number of carbonyl (C=O) groups is 1. The van der Waals surface area contributed by atoms with Crippen LogP contribution in [-0.2, 0) is 11.0 Å². The Kier molecular flexibility index (Phi) is 7.46. The van der Waals surface area contributed by atoms with E-state index < -0.39 is 23.2 Å². The molecular formula is C22H24ClF3N2O3. The number of anilines is 1. The van der Waals surface area contributed by atoms with E-state index in [1.807, 2.05) is 4.90 Å². The molecule has 1 atom stereocenters. The number of alkyl halides is 3. The van der Waals surface area contributed by atoms with Gasteiger partial charge in [0.05, 0.1) is 17.7 Å².